The Bertz CT molecular complexity index is 1730. The van der Waals surface area contributed by atoms with E-state index < -0.39 is 26.9 Å². The van der Waals surface area contributed by atoms with Gasteiger partial charge < -0.3 is 23.1 Å². The molecule has 0 spiro atoms. The second-order valence-electron chi connectivity index (χ2n) is 16.2. The number of halogens is 2. The molecule has 47 heavy (non-hydrogen) atoms. The minimum atomic E-state index is -3.30. The summed E-state index contributed by atoms with van der Waals surface area (Å²) in [6.07, 6.45) is 14.9. The number of aromatic nitrogens is 3. The van der Waals surface area contributed by atoms with E-state index >= 15 is 8.22 Å². The number of nitrogens with zero attached hydrogens (tertiary/aromatic N) is 3. The highest BCUT2D eigenvalue weighted by Crippen LogP contribution is 2.53. The molecular weight excluding hydrogens is 637 g/mol. The van der Waals surface area contributed by atoms with Gasteiger partial charge in [0, 0.05) is 10.6 Å². The van der Waals surface area contributed by atoms with Gasteiger partial charge >= 0.3 is 8.41 Å². The number of hydrogen-bond donors (Lipinski definition) is 0. The summed E-state index contributed by atoms with van der Waals surface area (Å²) in [5.41, 5.74) is 0.989. The van der Waals surface area contributed by atoms with Gasteiger partial charge in [0.05, 0.1) is 24.0 Å². The van der Waals surface area contributed by atoms with E-state index in [2.05, 4.69) is 17.9 Å². The van der Waals surface area contributed by atoms with Crippen LogP contribution >= 0.6 is 11.3 Å². The quantitative estimate of drug-likeness (QED) is 0.0664. The Labute approximate surface area is 291 Å². The van der Waals surface area contributed by atoms with Crippen LogP contribution in [0, 0.1) is 39.5 Å². The summed E-state index contributed by atoms with van der Waals surface area (Å²) in [4.78, 5) is 1.07. The molecule has 0 aromatic carbocycles. The van der Waals surface area contributed by atoms with Gasteiger partial charge in [-0.15, -0.1) is 12.8 Å². The lowest BCUT2D eigenvalue weighted by atomic mass is 10.2. The van der Waals surface area contributed by atoms with Crippen molar-refractivity contribution in [1.82, 2.24) is 4.57 Å². The van der Waals surface area contributed by atoms with E-state index in [0.717, 1.165) is 31.1 Å². The molecule has 4 aromatic rings. The number of pyridine rings is 2. The molecule has 0 radical (unpaired) electrons. The smallest absolute Gasteiger partial charge is 0.330 e. The van der Waals surface area contributed by atoms with Crippen LogP contribution in [-0.4, -0.2) is 21.4 Å². The molecule has 0 unspecified atom stereocenters. The Morgan fingerprint density at radius 1 is 0.702 bits per heavy atom. The lowest BCUT2D eigenvalue weighted by Crippen LogP contribution is -2.60. The maximum atomic E-state index is 16.6. The fraction of sp³-hybridized carbons (Fsp3) is 0.487. The maximum Gasteiger partial charge on any atom is 0.330 e. The minimum Gasteiger partial charge on any atom is -0.358 e. The third kappa shape index (κ3) is 7.46. The predicted octanol–water partition coefficient (Wildman–Crippen LogP) is 9.27. The fourth-order valence-corrected chi connectivity index (χ4v) is 19.5. The highest BCUT2D eigenvalue weighted by Gasteiger charge is 2.61. The van der Waals surface area contributed by atoms with Gasteiger partial charge in [-0.1, -0.05) is 100 Å². The summed E-state index contributed by atoms with van der Waals surface area (Å²) >= 11 is 1.58. The van der Waals surface area contributed by atoms with Crippen molar-refractivity contribution in [3.8, 4) is 24.7 Å². The van der Waals surface area contributed by atoms with Crippen LogP contribution in [0.4, 0.5) is 8.22 Å². The number of terminal acetylenes is 2. The molecule has 0 bridgehead atoms. The van der Waals surface area contributed by atoms with Gasteiger partial charge in [-0.05, 0) is 56.4 Å². The molecule has 0 saturated heterocycles. The zero-order chi connectivity index (χ0) is 34.4. The summed E-state index contributed by atoms with van der Waals surface area (Å²) in [5.74, 6) is 5.35. The second kappa shape index (κ2) is 14.4. The van der Waals surface area contributed by atoms with Gasteiger partial charge in [0.1, 0.15) is 5.32 Å². The molecule has 4 heterocycles. The fourth-order valence-electron chi connectivity index (χ4n) is 7.18. The third-order valence-electron chi connectivity index (χ3n) is 8.94. The van der Waals surface area contributed by atoms with Gasteiger partial charge in [0.15, 0.2) is 12.7 Å². The van der Waals surface area contributed by atoms with Crippen LogP contribution in [0.2, 0.25) is 20.2 Å². The van der Waals surface area contributed by atoms with Crippen molar-refractivity contribution < 1.29 is 17.3 Å². The van der Waals surface area contributed by atoms with E-state index in [1.54, 1.807) is 11.3 Å². The number of hydrogen-bond acceptors (Lipinski definition) is 1. The Morgan fingerprint density at radius 2 is 1.13 bits per heavy atom. The van der Waals surface area contributed by atoms with E-state index in [1.165, 1.54) is 0 Å². The topological polar surface area (TPSA) is 12.7 Å². The van der Waals surface area contributed by atoms with Gasteiger partial charge in [-0.3, -0.25) is 0 Å². The first-order valence-corrected chi connectivity index (χ1v) is 20.2. The van der Waals surface area contributed by atoms with Crippen molar-refractivity contribution in [2.75, 3.05) is 0 Å². The van der Waals surface area contributed by atoms with Gasteiger partial charge in [-0.25, -0.2) is 9.13 Å². The van der Waals surface area contributed by atoms with E-state index in [0.29, 0.717) is 13.1 Å². The summed E-state index contributed by atoms with van der Waals surface area (Å²) in [7, 11) is -4.55. The Morgan fingerprint density at radius 3 is 1.57 bits per heavy atom. The molecule has 0 aliphatic heterocycles. The lowest BCUT2D eigenvalue weighted by molar-refractivity contribution is -0.661. The molecular formula is C39H59F2N3SSi2. The first-order chi connectivity index (χ1) is 20.5. The monoisotopic (exact) mass is 695 g/mol. The average molecular weight is 696 g/mol. The summed E-state index contributed by atoms with van der Waals surface area (Å²) in [6.45, 7) is 25.3. The number of aryl methyl sites for hydroxylation is 1. The zero-order valence-corrected chi connectivity index (χ0v) is 34.5. The highest BCUT2D eigenvalue weighted by molar-refractivity contribution is 7.31. The van der Waals surface area contributed by atoms with Crippen LogP contribution in [0.15, 0.2) is 48.8 Å². The molecule has 258 valence electrons. The number of thiophene rings is 1. The molecule has 4 aromatic heterocycles. The number of fused-ring (bicyclic) bond motifs is 2. The van der Waals surface area contributed by atoms with Crippen LogP contribution < -0.4 is 19.0 Å². The Kier molecular flexibility index (Phi) is 12.9. The summed E-state index contributed by atoms with van der Waals surface area (Å²) in [6, 6.07) is 12.1. The molecule has 0 aliphatic rings. The van der Waals surface area contributed by atoms with Crippen LogP contribution in [0.25, 0.3) is 21.3 Å². The molecule has 4 rings (SSSR count). The highest BCUT2D eigenvalue weighted by atomic mass is 32.1. The standard InChI is InChI=1S/C19H28FN2Si.C18H25FNSSi.2CH3/c1-9-12-22-13-10-11-15-14-16(21(8)17(15)22)23(20,18(2,3)4)19(5,6)7;1-8-11-20-12-9-10-14-13-15(21-16(14)20)22(19,17(2,3)4)18(5,6)7;;/h1,10-11,13-14H,12H2,2-8H3;1,9-10,12-13H,11H2,2-7H3;2*1H3/q2*+1;2*-1. The molecule has 0 atom stereocenters. The predicted molar refractivity (Wildman–Crippen MR) is 207 cm³/mol. The van der Waals surface area contributed by atoms with Crippen molar-refractivity contribution in [1.29, 1.82) is 0 Å². The normalized spacial score (nSPS) is 12.8. The lowest BCUT2D eigenvalue weighted by Gasteiger charge is -2.43. The molecule has 0 aliphatic carbocycles. The second-order valence-corrected chi connectivity index (χ2v) is 27.3. The first kappa shape index (κ1) is 42.2. The van der Waals surface area contributed by atoms with Gasteiger partial charge in [-0.2, -0.15) is 4.57 Å². The SMILES string of the molecule is C#CC[n+]1cccc2cc([Si](F)(C(C)(C)C)C(C)(C)C)n(C)c21.C#CC[n+]1cccc2cc([Si](F)(C(C)(C)C)C(C)(C)C)sc21.[CH3-].[CH3-]. The largest absolute Gasteiger partial charge is 0.358 e. The average Bonchev–Trinajstić information content (AvgIpc) is 3.48. The molecule has 0 fully saturated rings. The van der Waals surface area contributed by atoms with Crippen molar-refractivity contribution in [3.05, 3.63) is 63.6 Å². The zero-order valence-electron chi connectivity index (χ0n) is 31.7. The first-order valence-electron chi connectivity index (χ1n) is 15.6. The summed E-state index contributed by atoms with van der Waals surface area (Å²) in [5, 5.41) is 1.45. The van der Waals surface area contributed by atoms with Crippen molar-refractivity contribution >= 4 is 59.2 Å². The van der Waals surface area contributed by atoms with E-state index in [1.807, 2.05) is 147 Å². The van der Waals surface area contributed by atoms with E-state index in [4.69, 9.17) is 12.8 Å². The minimum absolute atomic E-state index is 0. The summed E-state index contributed by atoms with van der Waals surface area (Å²) < 4.78 is 40.0. The van der Waals surface area contributed by atoms with Crippen molar-refractivity contribution in [3.63, 3.8) is 0 Å². The van der Waals surface area contributed by atoms with E-state index in [9.17, 15) is 0 Å². The van der Waals surface area contributed by atoms with Crippen LogP contribution in [-0.2, 0) is 20.1 Å². The van der Waals surface area contributed by atoms with Gasteiger partial charge in [0.2, 0.25) is 6.54 Å². The Balaban J connectivity index is 0.000000451. The Hall–Kier alpha value is -2.79. The maximum absolute atomic E-state index is 16.6. The molecule has 3 nitrogen and oxygen atoms in total. The molecule has 0 saturated carbocycles. The molecule has 0 amide bonds. The van der Waals surface area contributed by atoms with Crippen LogP contribution in [0.5, 0.6) is 0 Å². The van der Waals surface area contributed by atoms with Crippen molar-refractivity contribution in [2.45, 2.75) is 116 Å². The third-order valence-corrected chi connectivity index (χ3v) is 21.4. The van der Waals surface area contributed by atoms with Crippen LogP contribution in [0.3, 0.4) is 0 Å². The van der Waals surface area contributed by atoms with Crippen molar-refractivity contribution in [2.24, 2.45) is 7.05 Å². The molecule has 8 heteroatoms. The van der Waals surface area contributed by atoms with Gasteiger partial charge in [0.25, 0.3) is 18.9 Å². The molecule has 0 N–H and O–H groups in total. The number of rotatable bonds is 4. The van der Waals surface area contributed by atoms with Crippen LogP contribution in [0.1, 0.15) is 83.1 Å². The van der Waals surface area contributed by atoms with E-state index in [-0.39, 0.29) is 24.9 Å².